The van der Waals surface area contributed by atoms with Crippen molar-refractivity contribution in [2.45, 2.75) is 4.90 Å². The van der Waals surface area contributed by atoms with Crippen molar-refractivity contribution in [1.29, 1.82) is 0 Å². The molecular formula is C14H15N3O2S. The van der Waals surface area contributed by atoms with Crippen molar-refractivity contribution >= 4 is 21.5 Å². The zero-order valence-electron chi connectivity index (χ0n) is 10.8. The molecule has 0 saturated heterocycles. The molecule has 104 valence electrons. The molecule has 0 spiro atoms. The topological polar surface area (TPSA) is 71.1 Å². The highest BCUT2D eigenvalue weighted by molar-refractivity contribution is 7.92. The molecule has 2 aromatic rings. The van der Waals surface area contributed by atoms with E-state index < -0.39 is 10.0 Å². The fraction of sp³-hybridized carbons (Fsp3) is 0.0714. The Kier molecular flexibility index (Phi) is 4.37. The molecule has 0 amide bonds. The van der Waals surface area contributed by atoms with Gasteiger partial charge < -0.3 is 5.32 Å². The van der Waals surface area contributed by atoms with Crippen LogP contribution < -0.4 is 10.0 Å². The van der Waals surface area contributed by atoms with Crippen LogP contribution in [0.3, 0.4) is 0 Å². The van der Waals surface area contributed by atoms with Crippen LogP contribution in [0, 0.1) is 0 Å². The van der Waals surface area contributed by atoms with Gasteiger partial charge >= 0.3 is 0 Å². The molecule has 2 N–H and O–H groups in total. The predicted octanol–water partition coefficient (Wildman–Crippen LogP) is 2.48. The number of nitrogens with one attached hydrogen (secondary N) is 2. The predicted molar refractivity (Wildman–Crippen MR) is 80.2 cm³/mol. The molecule has 0 aliphatic heterocycles. The first kappa shape index (κ1) is 14.1. The summed E-state index contributed by atoms with van der Waals surface area (Å²) in [7, 11) is -3.59. The second-order valence-corrected chi connectivity index (χ2v) is 5.70. The van der Waals surface area contributed by atoms with E-state index in [0.29, 0.717) is 6.54 Å². The first-order chi connectivity index (χ1) is 9.62. The zero-order valence-corrected chi connectivity index (χ0v) is 11.6. The van der Waals surface area contributed by atoms with Gasteiger partial charge in [0.25, 0.3) is 10.0 Å². The van der Waals surface area contributed by atoms with Crippen LogP contribution in [0.1, 0.15) is 0 Å². The van der Waals surface area contributed by atoms with E-state index in [2.05, 4.69) is 21.6 Å². The number of sulfonamides is 1. The van der Waals surface area contributed by atoms with Gasteiger partial charge in [-0.1, -0.05) is 24.3 Å². The first-order valence-corrected chi connectivity index (χ1v) is 7.49. The zero-order chi connectivity index (χ0) is 14.4. The summed E-state index contributed by atoms with van der Waals surface area (Å²) in [5.41, 5.74) is 0.799. The fourth-order valence-electron chi connectivity index (χ4n) is 1.55. The Hall–Kier alpha value is -2.34. The van der Waals surface area contributed by atoms with Gasteiger partial charge in [0.2, 0.25) is 0 Å². The third kappa shape index (κ3) is 3.58. The fourth-order valence-corrected chi connectivity index (χ4v) is 2.57. The number of pyridine rings is 1. The molecule has 1 heterocycles. The van der Waals surface area contributed by atoms with E-state index in [9.17, 15) is 8.42 Å². The smallest absolute Gasteiger partial charge is 0.263 e. The lowest BCUT2D eigenvalue weighted by atomic mass is 10.4. The summed E-state index contributed by atoms with van der Waals surface area (Å²) in [6.07, 6.45) is 3.29. The van der Waals surface area contributed by atoms with E-state index >= 15 is 0 Å². The summed E-state index contributed by atoms with van der Waals surface area (Å²) in [6, 6.07) is 11.5. The molecule has 5 nitrogen and oxygen atoms in total. The lowest BCUT2D eigenvalue weighted by molar-refractivity contribution is 0.601. The lowest BCUT2D eigenvalue weighted by Crippen LogP contribution is -2.13. The van der Waals surface area contributed by atoms with Gasteiger partial charge in [0.1, 0.15) is 5.82 Å². The molecular weight excluding hydrogens is 274 g/mol. The Morgan fingerprint density at radius 1 is 1.15 bits per heavy atom. The van der Waals surface area contributed by atoms with E-state index in [1.165, 1.54) is 12.1 Å². The summed E-state index contributed by atoms with van der Waals surface area (Å²) < 4.78 is 26.6. The van der Waals surface area contributed by atoms with Gasteiger partial charge in [-0.15, -0.1) is 6.58 Å². The average Bonchev–Trinajstić information content (AvgIpc) is 2.47. The highest BCUT2D eigenvalue weighted by Crippen LogP contribution is 2.15. The number of hydrogen-bond acceptors (Lipinski definition) is 4. The van der Waals surface area contributed by atoms with E-state index in [1.54, 1.807) is 42.6 Å². The SMILES string of the molecule is C=CCNc1ccc(NS(=O)(=O)c2ccccc2)nc1. The van der Waals surface area contributed by atoms with Crippen molar-refractivity contribution in [2.75, 3.05) is 16.6 Å². The Morgan fingerprint density at radius 3 is 2.50 bits per heavy atom. The molecule has 1 aromatic heterocycles. The number of nitrogens with zero attached hydrogens (tertiary/aromatic N) is 1. The van der Waals surface area contributed by atoms with Gasteiger partial charge in [0, 0.05) is 6.54 Å². The molecule has 0 fully saturated rings. The van der Waals surface area contributed by atoms with E-state index in [0.717, 1.165) is 5.69 Å². The van der Waals surface area contributed by atoms with Crippen molar-refractivity contribution in [3.05, 3.63) is 61.3 Å². The van der Waals surface area contributed by atoms with Crippen LogP contribution in [0.5, 0.6) is 0 Å². The van der Waals surface area contributed by atoms with Gasteiger partial charge in [-0.25, -0.2) is 13.4 Å². The van der Waals surface area contributed by atoms with Crippen LogP contribution in [-0.4, -0.2) is 19.9 Å². The minimum Gasteiger partial charge on any atom is -0.380 e. The second kappa shape index (κ2) is 6.21. The van der Waals surface area contributed by atoms with Crippen molar-refractivity contribution in [1.82, 2.24) is 4.98 Å². The summed E-state index contributed by atoms with van der Waals surface area (Å²) in [5, 5.41) is 3.06. The minimum absolute atomic E-state index is 0.204. The summed E-state index contributed by atoms with van der Waals surface area (Å²) in [6.45, 7) is 4.22. The Morgan fingerprint density at radius 2 is 1.90 bits per heavy atom. The van der Waals surface area contributed by atoms with E-state index in [-0.39, 0.29) is 10.7 Å². The summed E-state index contributed by atoms with van der Waals surface area (Å²) in [5.74, 6) is 0.276. The highest BCUT2D eigenvalue weighted by atomic mass is 32.2. The number of aromatic nitrogens is 1. The largest absolute Gasteiger partial charge is 0.380 e. The molecule has 0 unspecified atom stereocenters. The van der Waals surface area contributed by atoms with Crippen molar-refractivity contribution in [2.24, 2.45) is 0 Å². The van der Waals surface area contributed by atoms with Crippen molar-refractivity contribution < 1.29 is 8.42 Å². The van der Waals surface area contributed by atoms with Crippen LogP contribution in [0.25, 0.3) is 0 Å². The van der Waals surface area contributed by atoms with E-state index in [4.69, 9.17) is 0 Å². The lowest BCUT2D eigenvalue weighted by Gasteiger charge is -2.08. The van der Waals surface area contributed by atoms with Gasteiger partial charge in [0.05, 0.1) is 16.8 Å². The molecule has 0 bridgehead atoms. The second-order valence-electron chi connectivity index (χ2n) is 4.02. The number of anilines is 2. The molecule has 6 heteroatoms. The normalized spacial score (nSPS) is 10.8. The maximum atomic E-state index is 12.1. The van der Waals surface area contributed by atoms with Crippen LogP contribution in [-0.2, 0) is 10.0 Å². The van der Waals surface area contributed by atoms with Gasteiger partial charge in [-0.2, -0.15) is 0 Å². The standard InChI is InChI=1S/C14H15N3O2S/c1-2-10-15-12-8-9-14(16-11-12)17-20(18,19)13-6-4-3-5-7-13/h2-9,11,15H,1,10H2,(H,16,17). The number of rotatable bonds is 6. The molecule has 20 heavy (non-hydrogen) atoms. The number of benzene rings is 1. The van der Waals surface area contributed by atoms with Crippen LogP contribution in [0.4, 0.5) is 11.5 Å². The summed E-state index contributed by atoms with van der Waals surface area (Å²) in [4.78, 5) is 4.26. The maximum absolute atomic E-state index is 12.1. The first-order valence-electron chi connectivity index (χ1n) is 6.00. The number of hydrogen-bond donors (Lipinski definition) is 2. The molecule has 1 aromatic carbocycles. The Bertz CT molecular complexity index is 667. The van der Waals surface area contributed by atoms with Gasteiger partial charge in [-0.05, 0) is 24.3 Å². The minimum atomic E-state index is -3.59. The molecule has 0 radical (unpaired) electrons. The quantitative estimate of drug-likeness (QED) is 0.801. The Balaban J connectivity index is 2.12. The average molecular weight is 289 g/mol. The highest BCUT2D eigenvalue weighted by Gasteiger charge is 2.13. The molecule has 2 rings (SSSR count). The van der Waals surface area contributed by atoms with Crippen LogP contribution >= 0.6 is 0 Å². The van der Waals surface area contributed by atoms with E-state index in [1.807, 2.05) is 0 Å². The van der Waals surface area contributed by atoms with Crippen LogP contribution in [0.2, 0.25) is 0 Å². The molecule has 0 saturated carbocycles. The summed E-state index contributed by atoms with van der Waals surface area (Å²) >= 11 is 0. The molecule has 0 aliphatic carbocycles. The van der Waals surface area contributed by atoms with Gasteiger partial charge in [0.15, 0.2) is 0 Å². The third-order valence-corrected chi connectivity index (χ3v) is 3.88. The maximum Gasteiger partial charge on any atom is 0.263 e. The third-order valence-electron chi connectivity index (χ3n) is 2.51. The Labute approximate surface area is 118 Å². The van der Waals surface area contributed by atoms with Crippen LogP contribution in [0.15, 0.2) is 66.2 Å². The van der Waals surface area contributed by atoms with Crippen molar-refractivity contribution in [3.8, 4) is 0 Å². The van der Waals surface area contributed by atoms with Crippen molar-refractivity contribution in [3.63, 3.8) is 0 Å². The molecule has 0 atom stereocenters. The monoisotopic (exact) mass is 289 g/mol. The molecule has 0 aliphatic rings. The van der Waals surface area contributed by atoms with Gasteiger partial charge in [-0.3, -0.25) is 4.72 Å².